The summed E-state index contributed by atoms with van der Waals surface area (Å²) in [6, 6.07) is 7.39. The van der Waals surface area contributed by atoms with Crippen molar-refractivity contribution in [2.75, 3.05) is 11.1 Å². The average molecular weight is 197 g/mol. The molecule has 0 radical (unpaired) electrons. The van der Waals surface area contributed by atoms with E-state index in [4.69, 9.17) is 0 Å². The number of rotatable bonds is 2. The highest BCUT2D eigenvalue weighted by Crippen LogP contribution is 2.34. The number of benzene rings is 1. The maximum absolute atomic E-state index is 12.0. The first kappa shape index (κ1) is 8.56. The molecule has 1 atom stereocenters. The molecule has 0 aromatic heterocycles. The highest BCUT2D eigenvalue weighted by Gasteiger charge is 2.29. The lowest BCUT2D eigenvalue weighted by molar-refractivity contribution is -0.116. The fourth-order valence-corrected chi connectivity index (χ4v) is 1.96. The summed E-state index contributed by atoms with van der Waals surface area (Å²) in [5.74, 6) is -0.236. The van der Waals surface area contributed by atoms with Gasteiger partial charge in [-0.05, 0) is 11.6 Å². The van der Waals surface area contributed by atoms with Crippen molar-refractivity contribution in [1.29, 1.82) is 0 Å². The van der Waals surface area contributed by atoms with Crippen molar-refractivity contribution in [3.63, 3.8) is 0 Å². The molecule has 1 aliphatic heterocycles. The summed E-state index contributed by atoms with van der Waals surface area (Å²) in [4.78, 5) is 11.3. The lowest BCUT2D eigenvalue weighted by atomic mass is 10.0. The van der Waals surface area contributed by atoms with Crippen molar-refractivity contribution >= 4 is 23.7 Å². The van der Waals surface area contributed by atoms with Gasteiger partial charge in [0.2, 0.25) is 5.91 Å². The van der Waals surface area contributed by atoms with Crippen molar-refractivity contribution in [3.8, 4) is 0 Å². The number of fused-ring (bicyclic) bond motifs is 1. The second kappa shape index (κ2) is 3.38. The Kier molecular flexibility index (Phi) is 2.22. The Hall–Kier alpha value is -1.03. The minimum atomic E-state index is -0.328. The van der Waals surface area contributed by atoms with Gasteiger partial charge in [-0.15, -0.1) is 0 Å². The van der Waals surface area contributed by atoms with Crippen LogP contribution in [0.15, 0.2) is 24.3 Å². The van der Waals surface area contributed by atoms with Gasteiger partial charge in [0.05, 0.1) is 5.92 Å². The van der Waals surface area contributed by atoms with E-state index in [1.807, 2.05) is 24.3 Å². The molecule has 13 heavy (non-hydrogen) atoms. The largest absolute Gasteiger partial charge is 0.325 e. The fourth-order valence-electron chi connectivity index (χ4n) is 1.50. The Morgan fingerprint density at radius 3 is 3.00 bits per heavy atom. The van der Waals surface area contributed by atoms with Crippen LogP contribution in [0, 0.1) is 0 Å². The highest BCUT2D eigenvalue weighted by atomic mass is 32.2. The lowest BCUT2D eigenvalue weighted by Gasteiger charge is -2.03. The molecule has 2 nitrogen and oxygen atoms in total. The predicted molar refractivity (Wildman–Crippen MR) is 51.4 cm³/mol. The van der Waals surface area contributed by atoms with Gasteiger partial charge in [-0.3, -0.25) is 4.79 Å². The maximum atomic E-state index is 12.0. The summed E-state index contributed by atoms with van der Waals surface area (Å²) in [6.45, 7) is 0. The zero-order chi connectivity index (χ0) is 9.26. The molecular formula is C9H8FNOS. The third kappa shape index (κ3) is 1.42. The Labute approximate surface area is 79.8 Å². The van der Waals surface area contributed by atoms with E-state index >= 15 is 0 Å². The number of hydrogen-bond donors (Lipinski definition) is 1. The van der Waals surface area contributed by atoms with Gasteiger partial charge in [-0.2, -0.15) is 3.89 Å². The molecule has 1 aromatic carbocycles. The molecule has 0 aliphatic carbocycles. The van der Waals surface area contributed by atoms with Crippen molar-refractivity contribution in [2.45, 2.75) is 5.92 Å². The average Bonchev–Trinajstić information content (AvgIpc) is 2.44. The number of para-hydroxylation sites is 1. The first-order chi connectivity index (χ1) is 6.33. The van der Waals surface area contributed by atoms with E-state index < -0.39 is 0 Å². The number of nitrogens with one attached hydrogen (secondary N) is 1. The molecule has 2 rings (SSSR count). The zero-order valence-electron chi connectivity index (χ0n) is 6.79. The molecule has 1 unspecified atom stereocenters. The molecule has 68 valence electrons. The first-order valence-electron chi connectivity index (χ1n) is 3.96. The summed E-state index contributed by atoms with van der Waals surface area (Å²) in [7, 11) is 0. The number of carbonyl (C=O) groups is 1. The maximum Gasteiger partial charge on any atom is 0.232 e. The van der Waals surface area contributed by atoms with E-state index in [0.29, 0.717) is 0 Å². The van der Waals surface area contributed by atoms with Crippen LogP contribution in [0.2, 0.25) is 0 Å². The monoisotopic (exact) mass is 197 g/mol. The van der Waals surface area contributed by atoms with Gasteiger partial charge < -0.3 is 5.32 Å². The van der Waals surface area contributed by atoms with E-state index in [1.165, 1.54) is 0 Å². The van der Waals surface area contributed by atoms with Gasteiger partial charge in [0.15, 0.2) is 0 Å². The number of carbonyl (C=O) groups excluding carboxylic acids is 1. The van der Waals surface area contributed by atoms with E-state index in [0.717, 1.165) is 11.3 Å². The minimum absolute atomic E-state index is 0.105. The minimum Gasteiger partial charge on any atom is -0.325 e. The summed E-state index contributed by atoms with van der Waals surface area (Å²) >= 11 is 0.205. The quantitative estimate of drug-likeness (QED) is 0.788. The smallest absolute Gasteiger partial charge is 0.232 e. The highest BCUT2D eigenvalue weighted by molar-refractivity contribution is 7.94. The molecule has 4 heteroatoms. The Morgan fingerprint density at radius 2 is 2.23 bits per heavy atom. The lowest BCUT2D eigenvalue weighted by Crippen LogP contribution is -2.13. The molecule has 0 saturated heterocycles. The van der Waals surface area contributed by atoms with Crippen LogP contribution in [0.3, 0.4) is 0 Å². The second-order valence-corrected chi connectivity index (χ2v) is 3.46. The Balaban J connectivity index is 2.35. The fraction of sp³-hybridized carbons (Fsp3) is 0.222. The van der Waals surface area contributed by atoms with E-state index in [2.05, 4.69) is 5.32 Å². The van der Waals surface area contributed by atoms with Crippen LogP contribution >= 0.6 is 12.1 Å². The molecule has 1 N–H and O–H groups in total. The van der Waals surface area contributed by atoms with Crippen LogP contribution in [0.4, 0.5) is 9.57 Å². The number of halogens is 1. The molecule has 0 spiro atoms. The van der Waals surface area contributed by atoms with Crippen molar-refractivity contribution in [1.82, 2.24) is 0 Å². The molecular weight excluding hydrogens is 189 g/mol. The summed E-state index contributed by atoms with van der Waals surface area (Å²) < 4.78 is 12.0. The standard InChI is InChI=1S/C9H8FNOS/c10-13-5-7-6-3-1-2-4-8(6)11-9(7)12/h1-4,7H,5H2,(H,11,12). The first-order valence-corrected chi connectivity index (χ1v) is 4.85. The van der Waals surface area contributed by atoms with Crippen LogP contribution < -0.4 is 5.32 Å². The van der Waals surface area contributed by atoms with E-state index in [-0.39, 0.29) is 29.7 Å². The normalized spacial score (nSPS) is 19.8. The van der Waals surface area contributed by atoms with Crippen molar-refractivity contribution in [2.24, 2.45) is 0 Å². The number of hydrogen-bond acceptors (Lipinski definition) is 2. The second-order valence-electron chi connectivity index (χ2n) is 2.90. The molecule has 0 bridgehead atoms. The number of amides is 1. The van der Waals surface area contributed by atoms with Gasteiger partial charge in [0.1, 0.15) is 0 Å². The summed E-state index contributed by atoms with van der Waals surface area (Å²) in [5.41, 5.74) is 1.71. The summed E-state index contributed by atoms with van der Waals surface area (Å²) in [6.07, 6.45) is 0. The van der Waals surface area contributed by atoms with Crippen LogP contribution in [0.1, 0.15) is 11.5 Å². The third-order valence-corrected chi connectivity index (χ3v) is 2.60. The van der Waals surface area contributed by atoms with Gasteiger partial charge in [0, 0.05) is 23.6 Å². The topological polar surface area (TPSA) is 29.1 Å². The van der Waals surface area contributed by atoms with Crippen LogP contribution in [-0.2, 0) is 4.79 Å². The molecule has 0 fully saturated rings. The SMILES string of the molecule is O=C1Nc2ccccc2C1CSF. The Morgan fingerprint density at radius 1 is 1.46 bits per heavy atom. The molecule has 1 amide bonds. The molecule has 1 aliphatic rings. The molecule has 1 heterocycles. The van der Waals surface area contributed by atoms with Crippen LogP contribution in [0.5, 0.6) is 0 Å². The zero-order valence-corrected chi connectivity index (χ0v) is 7.60. The number of anilines is 1. The van der Waals surface area contributed by atoms with E-state index in [9.17, 15) is 8.68 Å². The van der Waals surface area contributed by atoms with Crippen molar-refractivity contribution < 1.29 is 8.68 Å². The predicted octanol–water partition coefficient (Wildman–Crippen LogP) is 2.34. The van der Waals surface area contributed by atoms with E-state index in [1.54, 1.807) is 0 Å². The molecule has 0 saturated carbocycles. The third-order valence-electron chi connectivity index (χ3n) is 2.14. The molecule has 1 aromatic rings. The van der Waals surface area contributed by atoms with Gasteiger partial charge >= 0.3 is 0 Å². The van der Waals surface area contributed by atoms with Gasteiger partial charge in [-0.1, -0.05) is 18.2 Å². The Bertz CT molecular complexity index is 342. The van der Waals surface area contributed by atoms with Crippen LogP contribution in [0.25, 0.3) is 0 Å². The van der Waals surface area contributed by atoms with Crippen molar-refractivity contribution in [3.05, 3.63) is 29.8 Å². The summed E-state index contributed by atoms with van der Waals surface area (Å²) in [5, 5.41) is 2.71. The van der Waals surface area contributed by atoms with Crippen LogP contribution in [-0.4, -0.2) is 11.7 Å². The van der Waals surface area contributed by atoms with Gasteiger partial charge in [-0.25, -0.2) is 0 Å². The van der Waals surface area contributed by atoms with Gasteiger partial charge in [0.25, 0.3) is 0 Å².